The standard InChI is InChI=1S/C12H14F3NO4S/c13-12(14,15)20-10-3-5-11(6-4-10)21(18,19)16-7-1-2-9(16)8-17/h3-6,9,17H,1-2,7-8H2/t9-/m0/s1. The van der Waals surface area contributed by atoms with E-state index in [0.29, 0.717) is 12.8 Å². The fraction of sp³-hybridized carbons (Fsp3) is 0.500. The maximum atomic E-state index is 12.4. The van der Waals surface area contributed by atoms with Gasteiger partial charge in [0.2, 0.25) is 10.0 Å². The molecule has 0 aromatic heterocycles. The summed E-state index contributed by atoms with van der Waals surface area (Å²) in [5.74, 6) is -0.485. The van der Waals surface area contributed by atoms with Crippen LogP contribution in [0.2, 0.25) is 0 Å². The zero-order chi connectivity index (χ0) is 15.7. The summed E-state index contributed by atoms with van der Waals surface area (Å²) in [6.45, 7) is 0.00284. The molecule has 1 aliphatic heterocycles. The number of sulfonamides is 1. The number of nitrogens with zero attached hydrogens (tertiary/aromatic N) is 1. The SMILES string of the molecule is O=S(=O)(c1ccc(OC(F)(F)F)cc1)N1CCC[C@H]1CO. The number of aliphatic hydroxyl groups excluding tert-OH is 1. The second-order valence-electron chi connectivity index (χ2n) is 4.61. The second-order valence-corrected chi connectivity index (χ2v) is 6.50. The molecule has 1 aliphatic rings. The van der Waals surface area contributed by atoms with Gasteiger partial charge >= 0.3 is 6.36 Å². The van der Waals surface area contributed by atoms with Gasteiger partial charge in [0.1, 0.15) is 5.75 Å². The summed E-state index contributed by atoms with van der Waals surface area (Å²) >= 11 is 0. The van der Waals surface area contributed by atoms with E-state index in [2.05, 4.69) is 4.74 Å². The Morgan fingerprint density at radius 3 is 2.43 bits per heavy atom. The van der Waals surface area contributed by atoms with Crippen LogP contribution in [-0.2, 0) is 10.0 Å². The van der Waals surface area contributed by atoms with E-state index in [1.54, 1.807) is 0 Å². The van der Waals surface area contributed by atoms with Crippen LogP contribution in [0.25, 0.3) is 0 Å². The smallest absolute Gasteiger partial charge is 0.406 e. The van der Waals surface area contributed by atoms with Gasteiger partial charge < -0.3 is 9.84 Å². The first-order chi connectivity index (χ1) is 9.74. The van der Waals surface area contributed by atoms with Gasteiger partial charge in [0, 0.05) is 12.6 Å². The third-order valence-electron chi connectivity index (χ3n) is 3.20. The van der Waals surface area contributed by atoms with Gasteiger partial charge in [-0.1, -0.05) is 0 Å². The zero-order valence-electron chi connectivity index (χ0n) is 10.9. The molecule has 0 amide bonds. The summed E-state index contributed by atoms with van der Waals surface area (Å²) in [6, 6.07) is 3.53. The Morgan fingerprint density at radius 2 is 1.90 bits per heavy atom. The van der Waals surface area contributed by atoms with Crippen LogP contribution >= 0.6 is 0 Å². The molecule has 1 atom stereocenters. The average molecular weight is 325 g/mol. The Bertz CT molecular complexity index is 586. The van der Waals surface area contributed by atoms with Crippen LogP contribution in [0.15, 0.2) is 29.2 Å². The fourth-order valence-corrected chi connectivity index (χ4v) is 3.94. The quantitative estimate of drug-likeness (QED) is 0.915. The fourth-order valence-electron chi connectivity index (χ4n) is 2.26. The monoisotopic (exact) mass is 325 g/mol. The van der Waals surface area contributed by atoms with Crippen molar-refractivity contribution in [3.63, 3.8) is 0 Å². The van der Waals surface area contributed by atoms with Crippen LogP contribution in [0.5, 0.6) is 5.75 Å². The number of rotatable bonds is 4. The molecule has 1 saturated heterocycles. The van der Waals surface area contributed by atoms with Gasteiger partial charge in [0.05, 0.1) is 11.5 Å². The largest absolute Gasteiger partial charge is 0.573 e. The molecule has 21 heavy (non-hydrogen) atoms. The van der Waals surface area contributed by atoms with Gasteiger partial charge in [-0.15, -0.1) is 13.2 Å². The van der Waals surface area contributed by atoms with E-state index in [1.165, 1.54) is 4.31 Å². The van der Waals surface area contributed by atoms with E-state index < -0.39 is 28.2 Å². The molecule has 1 aromatic rings. The summed E-state index contributed by atoms with van der Waals surface area (Å²) < 4.78 is 65.7. The van der Waals surface area contributed by atoms with Gasteiger partial charge in [-0.3, -0.25) is 0 Å². The summed E-state index contributed by atoms with van der Waals surface area (Å²) in [4.78, 5) is -0.127. The van der Waals surface area contributed by atoms with Crippen LogP contribution in [-0.4, -0.2) is 43.4 Å². The molecular weight excluding hydrogens is 311 g/mol. The van der Waals surface area contributed by atoms with Crippen molar-refractivity contribution in [3.05, 3.63) is 24.3 Å². The minimum Gasteiger partial charge on any atom is -0.406 e. The normalized spacial score (nSPS) is 20.7. The van der Waals surface area contributed by atoms with Gasteiger partial charge in [0.25, 0.3) is 0 Å². The molecule has 0 saturated carbocycles. The van der Waals surface area contributed by atoms with Crippen molar-refractivity contribution in [2.45, 2.75) is 30.1 Å². The lowest BCUT2D eigenvalue weighted by molar-refractivity contribution is -0.274. The number of halogens is 3. The minimum atomic E-state index is -4.82. The lowest BCUT2D eigenvalue weighted by atomic mass is 10.2. The van der Waals surface area contributed by atoms with Gasteiger partial charge in [-0.05, 0) is 37.1 Å². The number of ether oxygens (including phenoxy) is 1. The zero-order valence-corrected chi connectivity index (χ0v) is 11.7. The number of aliphatic hydroxyl groups is 1. The highest BCUT2D eigenvalue weighted by Gasteiger charge is 2.35. The molecule has 9 heteroatoms. The Hall–Kier alpha value is -1.32. The highest BCUT2D eigenvalue weighted by molar-refractivity contribution is 7.89. The van der Waals surface area contributed by atoms with Crippen LogP contribution in [0.4, 0.5) is 13.2 Å². The van der Waals surface area contributed by atoms with Crippen molar-refractivity contribution < 1.29 is 31.4 Å². The topological polar surface area (TPSA) is 66.8 Å². The van der Waals surface area contributed by atoms with Crippen molar-refractivity contribution in [1.82, 2.24) is 4.31 Å². The number of hydrogen-bond donors (Lipinski definition) is 1. The van der Waals surface area contributed by atoms with Gasteiger partial charge in [-0.25, -0.2) is 8.42 Å². The van der Waals surface area contributed by atoms with Gasteiger partial charge in [0.15, 0.2) is 0 Å². The maximum Gasteiger partial charge on any atom is 0.573 e. The number of alkyl halides is 3. The number of benzene rings is 1. The highest BCUT2D eigenvalue weighted by atomic mass is 32.2. The van der Waals surface area contributed by atoms with E-state index in [9.17, 15) is 21.6 Å². The summed E-state index contributed by atoms with van der Waals surface area (Å²) in [7, 11) is -3.82. The second kappa shape index (κ2) is 5.82. The first kappa shape index (κ1) is 16.1. The Balaban J connectivity index is 2.21. The summed E-state index contributed by atoms with van der Waals surface area (Å²) in [5, 5.41) is 9.17. The molecule has 118 valence electrons. The lowest BCUT2D eigenvalue weighted by Crippen LogP contribution is -2.37. The summed E-state index contributed by atoms with van der Waals surface area (Å²) in [6.07, 6.45) is -3.62. The van der Waals surface area contributed by atoms with Crippen molar-refractivity contribution >= 4 is 10.0 Å². The van der Waals surface area contributed by atoms with E-state index in [1.807, 2.05) is 0 Å². The molecule has 1 heterocycles. The maximum absolute atomic E-state index is 12.4. The minimum absolute atomic E-state index is 0.127. The molecule has 0 spiro atoms. The van der Waals surface area contributed by atoms with E-state index in [0.717, 1.165) is 24.3 Å². The van der Waals surface area contributed by atoms with E-state index >= 15 is 0 Å². The Kier molecular flexibility index (Phi) is 4.45. The van der Waals surface area contributed by atoms with Gasteiger partial charge in [-0.2, -0.15) is 4.31 Å². The molecule has 0 aliphatic carbocycles. The molecule has 1 aromatic carbocycles. The predicted molar refractivity (Wildman–Crippen MR) is 67.1 cm³/mol. The van der Waals surface area contributed by atoms with Crippen LogP contribution < -0.4 is 4.74 Å². The van der Waals surface area contributed by atoms with Crippen LogP contribution in [0.3, 0.4) is 0 Å². The summed E-state index contributed by atoms with van der Waals surface area (Å²) in [5.41, 5.74) is 0. The Labute approximate surface area is 120 Å². The molecule has 0 unspecified atom stereocenters. The van der Waals surface area contributed by atoms with Crippen molar-refractivity contribution in [2.24, 2.45) is 0 Å². The first-order valence-electron chi connectivity index (χ1n) is 6.22. The third kappa shape index (κ3) is 3.66. The molecular formula is C12H14F3NO4S. The molecule has 1 fully saturated rings. The van der Waals surface area contributed by atoms with Crippen molar-refractivity contribution in [1.29, 1.82) is 0 Å². The first-order valence-corrected chi connectivity index (χ1v) is 7.66. The molecule has 2 rings (SSSR count). The molecule has 0 radical (unpaired) electrons. The van der Waals surface area contributed by atoms with Crippen LogP contribution in [0, 0.1) is 0 Å². The van der Waals surface area contributed by atoms with E-state index in [-0.39, 0.29) is 18.0 Å². The van der Waals surface area contributed by atoms with E-state index in [4.69, 9.17) is 5.11 Å². The molecule has 0 bridgehead atoms. The van der Waals surface area contributed by atoms with Crippen molar-refractivity contribution in [2.75, 3.05) is 13.2 Å². The molecule has 1 N–H and O–H groups in total. The lowest BCUT2D eigenvalue weighted by Gasteiger charge is -2.22. The average Bonchev–Trinajstić information content (AvgIpc) is 2.86. The third-order valence-corrected chi connectivity index (χ3v) is 5.16. The number of hydrogen-bond acceptors (Lipinski definition) is 4. The van der Waals surface area contributed by atoms with Crippen LogP contribution in [0.1, 0.15) is 12.8 Å². The molecule has 5 nitrogen and oxygen atoms in total. The van der Waals surface area contributed by atoms with Crippen molar-refractivity contribution in [3.8, 4) is 5.75 Å². The predicted octanol–water partition coefficient (Wildman–Crippen LogP) is 1.73. The highest BCUT2D eigenvalue weighted by Crippen LogP contribution is 2.28. The Morgan fingerprint density at radius 1 is 1.29 bits per heavy atom.